The van der Waals surface area contributed by atoms with Crippen molar-refractivity contribution in [3.05, 3.63) is 27.3 Å². The van der Waals surface area contributed by atoms with E-state index in [0.29, 0.717) is 9.32 Å². The standard InChI is InChI=1S/C11H11IO3/c1-7(13)3-4-8-5-9(12)11(14)10(6-8)15-2/h3-6,14H,1-2H3. The summed E-state index contributed by atoms with van der Waals surface area (Å²) in [6.07, 6.45) is 3.16. The van der Waals surface area contributed by atoms with E-state index >= 15 is 0 Å². The van der Waals surface area contributed by atoms with E-state index in [1.165, 1.54) is 20.1 Å². The van der Waals surface area contributed by atoms with E-state index in [1.807, 2.05) is 22.6 Å². The van der Waals surface area contributed by atoms with Gasteiger partial charge in [0.2, 0.25) is 0 Å². The number of carbonyl (C=O) groups excluding carboxylic acids is 1. The zero-order valence-corrected chi connectivity index (χ0v) is 10.6. The Labute approximate surface area is 102 Å². The molecule has 0 fully saturated rings. The first kappa shape index (κ1) is 12.0. The number of ether oxygens (including phenoxy) is 1. The van der Waals surface area contributed by atoms with Gasteiger partial charge in [-0.15, -0.1) is 0 Å². The number of phenolic OH excluding ortho intramolecular Hbond substituents is 1. The number of phenols is 1. The summed E-state index contributed by atoms with van der Waals surface area (Å²) in [7, 11) is 1.49. The van der Waals surface area contributed by atoms with Gasteiger partial charge in [0.25, 0.3) is 0 Å². The Balaban J connectivity index is 3.11. The van der Waals surface area contributed by atoms with Gasteiger partial charge < -0.3 is 9.84 Å². The summed E-state index contributed by atoms with van der Waals surface area (Å²) < 4.78 is 5.69. The lowest BCUT2D eigenvalue weighted by Crippen LogP contribution is -1.88. The van der Waals surface area contributed by atoms with E-state index in [1.54, 1.807) is 18.2 Å². The molecule has 0 radical (unpaired) electrons. The van der Waals surface area contributed by atoms with Crippen molar-refractivity contribution in [2.75, 3.05) is 7.11 Å². The molecule has 80 valence electrons. The Hall–Kier alpha value is -1.04. The number of benzene rings is 1. The minimum Gasteiger partial charge on any atom is -0.504 e. The Kier molecular flexibility index (Phi) is 4.14. The van der Waals surface area contributed by atoms with Crippen LogP contribution in [-0.4, -0.2) is 18.0 Å². The van der Waals surface area contributed by atoms with Crippen LogP contribution in [0.1, 0.15) is 12.5 Å². The van der Waals surface area contributed by atoms with E-state index in [4.69, 9.17) is 4.74 Å². The third-order valence-corrected chi connectivity index (χ3v) is 2.60. The molecule has 0 saturated carbocycles. The quantitative estimate of drug-likeness (QED) is 0.688. The maximum Gasteiger partial charge on any atom is 0.171 e. The van der Waals surface area contributed by atoms with E-state index in [-0.39, 0.29) is 11.5 Å². The van der Waals surface area contributed by atoms with Crippen LogP contribution in [0, 0.1) is 3.57 Å². The number of ketones is 1. The first-order valence-corrected chi connectivity index (χ1v) is 5.37. The van der Waals surface area contributed by atoms with Gasteiger partial charge in [-0.1, -0.05) is 6.08 Å². The molecule has 0 spiro atoms. The summed E-state index contributed by atoms with van der Waals surface area (Å²) in [5, 5.41) is 9.58. The number of hydrogen-bond donors (Lipinski definition) is 1. The lowest BCUT2D eigenvalue weighted by atomic mass is 10.2. The van der Waals surface area contributed by atoms with Crippen LogP contribution in [-0.2, 0) is 4.79 Å². The van der Waals surface area contributed by atoms with Crippen LogP contribution in [0.15, 0.2) is 18.2 Å². The number of rotatable bonds is 3. The van der Waals surface area contributed by atoms with E-state index in [2.05, 4.69) is 0 Å². The third kappa shape index (κ3) is 3.23. The van der Waals surface area contributed by atoms with E-state index < -0.39 is 0 Å². The summed E-state index contributed by atoms with van der Waals surface area (Å²) in [5.74, 6) is 0.514. The van der Waals surface area contributed by atoms with Crippen molar-refractivity contribution in [3.63, 3.8) is 0 Å². The van der Waals surface area contributed by atoms with Crippen LogP contribution in [0.25, 0.3) is 6.08 Å². The van der Waals surface area contributed by atoms with Gasteiger partial charge in [-0.25, -0.2) is 0 Å². The van der Waals surface area contributed by atoms with E-state index in [0.717, 1.165) is 5.56 Å². The third-order valence-electron chi connectivity index (χ3n) is 1.78. The van der Waals surface area contributed by atoms with Crippen LogP contribution < -0.4 is 4.74 Å². The molecule has 1 aromatic carbocycles. The normalized spacial score (nSPS) is 10.6. The van der Waals surface area contributed by atoms with Gasteiger partial charge in [-0.3, -0.25) is 4.79 Å². The summed E-state index contributed by atoms with van der Waals surface area (Å²) >= 11 is 2.01. The first-order chi connectivity index (χ1) is 7.04. The maximum atomic E-state index is 10.8. The molecular weight excluding hydrogens is 307 g/mol. The molecule has 0 aliphatic heterocycles. The van der Waals surface area contributed by atoms with Gasteiger partial charge in [0.05, 0.1) is 10.7 Å². The Morgan fingerprint density at radius 2 is 2.20 bits per heavy atom. The molecule has 0 saturated heterocycles. The summed E-state index contributed by atoms with van der Waals surface area (Å²) in [6, 6.07) is 3.45. The van der Waals surface area contributed by atoms with Gasteiger partial charge in [-0.2, -0.15) is 0 Å². The van der Waals surface area contributed by atoms with Crippen molar-refractivity contribution in [3.8, 4) is 11.5 Å². The molecule has 0 unspecified atom stereocenters. The molecular formula is C11H11IO3. The number of hydrogen-bond acceptors (Lipinski definition) is 3. The number of carbonyl (C=O) groups is 1. The molecule has 4 heteroatoms. The first-order valence-electron chi connectivity index (χ1n) is 4.29. The Morgan fingerprint density at radius 3 is 2.73 bits per heavy atom. The molecule has 1 N–H and O–H groups in total. The van der Waals surface area contributed by atoms with Crippen LogP contribution in [0.5, 0.6) is 11.5 Å². The van der Waals surface area contributed by atoms with E-state index in [9.17, 15) is 9.90 Å². The van der Waals surface area contributed by atoms with Crippen LogP contribution in [0.2, 0.25) is 0 Å². The van der Waals surface area contributed by atoms with Crippen LogP contribution in [0.4, 0.5) is 0 Å². The molecule has 0 atom stereocenters. The lowest BCUT2D eigenvalue weighted by Gasteiger charge is -2.06. The number of halogens is 1. The second-order valence-corrected chi connectivity index (χ2v) is 4.16. The van der Waals surface area contributed by atoms with Gasteiger partial charge in [0, 0.05) is 0 Å². The van der Waals surface area contributed by atoms with Crippen molar-refractivity contribution in [2.24, 2.45) is 0 Å². The predicted octanol–water partition coefficient (Wildman–Crippen LogP) is 2.61. The summed E-state index contributed by atoms with van der Waals surface area (Å²) in [5.41, 5.74) is 0.823. The highest BCUT2D eigenvalue weighted by Gasteiger charge is 2.06. The Bertz CT molecular complexity index is 411. The molecule has 0 aromatic heterocycles. The second-order valence-electron chi connectivity index (χ2n) is 3.00. The maximum absolute atomic E-state index is 10.8. The van der Waals surface area contributed by atoms with Gasteiger partial charge in [0.1, 0.15) is 0 Å². The minimum absolute atomic E-state index is 0.0166. The highest BCUT2D eigenvalue weighted by atomic mass is 127. The number of allylic oxidation sites excluding steroid dienone is 1. The smallest absolute Gasteiger partial charge is 0.171 e. The molecule has 3 nitrogen and oxygen atoms in total. The monoisotopic (exact) mass is 318 g/mol. The molecule has 1 aromatic rings. The minimum atomic E-state index is -0.0166. The highest BCUT2D eigenvalue weighted by Crippen LogP contribution is 2.32. The Morgan fingerprint density at radius 1 is 1.53 bits per heavy atom. The SMILES string of the molecule is COc1cc(C=CC(C)=O)cc(I)c1O. The second kappa shape index (κ2) is 5.16. The predicted molar refractivity (Wildman–Crippen MR) is 67.1 cm³/mol. The number of methoxy groups -OCH3 is 1. The van der Waals surface area contributed by atoms with Gasteiger partial charge in [-0.05, 0) is 53.3 Å². The fourth-order valence-corrected chi connectivity index (χ4v) is 1.68. The zero-order chi connectivity index (χ0) is 11.4. The largest absolute Gasteiger partial charge is 0.504 e. The fraction of sp³-hybridized carbons (Fsp3) is 0.182. The van der Waals surface area contributed by atoms with Gasteiger partial charge in [0.15, 0.2) is 17.3 Å². The van der Waals surface area contributed by atoms with Gasteiger partial charge >= 0.3 is 0 Å². The number of aromatic hydroxyl groups is 1. The van der Waals surface area contributed by atoms with Crippen molar-refractivity contribution in [1.29, 1.82) is 0 Å². The van der Waals surface area contributed by atoms with Crippen molar-refractivity contribution in [2.45, 2.75) is 6.92 Å². The summed E-state index contributed by atoms with van der Waals surface area (Å²) in [6.45, 7) is 1.49. The fourth-order valence-electron chi connectivity index (χ4n) is 1.06. The topological polar surface area (TPSA) is 46.5 Å². The summed E-state index contributed by atoms with van der Waals surface area (Å²) in [4.78, 5) is 10.8. The highest BCUT2D eigenvalue weighted by molar-refractivity contribution is 14.1. The average molecular weight is 318 g/mol. The molecule has 1 rings (SSSR count). The molecule has 0 bridgehead atoms. The molecule has 0 amide bonds. The van der Waals surface area contributed by atoms with Crippen molar-refractivity contribution in [1.82, 2.24) is 0 Å². The molecule has 0 heterocycles. The lowest BCUT2D eigenvalue weighted by molar-refractivity contribution is -0.112. The molecule has 15 heavy (non-hydrogen) atoms. The van der Waals surface area contributed by atoms with Crippen molar-refractivity contribution >= 4 is 34.5 Å². The molecule has 0 aliphatic rings. The average Bonchev–Trinajstić information content (AvgIpc) is 2.19. The van der Waals surface area contributed by atoms with Crippen LogP contribution in [0.3, 0.4) is 0 Å². The molecule has 0 aliphatic carbocycles. The van der Waals surface area contributed by atoms with Crippen molar-refractivity contribution < 1.29 is 14.6 Å². The zero-order valence-electron chi connectivity index (χ0n) is 8.45. The van der Waals surface area contributed by atoms with Crippen LogP contribution >= 0.6 is 22.6 Å².